The third-order valence-corrected chi connectivity index (χ3v) is 7.54. The lowest BCUT2D eigenvalue weighted by Crippen LogP contribution is -2.47. The molecule has 0 radical (unpaired) electrons. The molecule has 2 aromatic carbocycles. The second-order valence-electron chi connectivity index (χ2n) is 9.21. The minimum atomic E-state index is -0.801. The van der Waals surface area contributed by atoms with E-state index in [1.807, 2.05) is 54.8 Å². The van der Waals surface area contributed by atoms with Crippen molar-refractivity contribution < 1.29 is 19.1 Å². The molecule has 182 valence electrons. The number of rotatable bonds is 7. The highest BCUT2D eigenvalue weighted by atomic mass is 32.1. The van der Waals surface area contributed by atoms with Crippen LogP contribution in [0.5, 0.6) is 11.5 Å². The van der Waals surface area contributed by atoms with E-state index in [4.69, 9.17) is 9.47 Å². The maximum Gasteiger partial charge on any atom is 0.248 e. The summed E-state index contributed by atoms with van der Waals surface area (Å²) >= 11 is 1.54. The van der Waals surface area contributed by atoms with Gasteiger partial charge in [-0.2, -0.15) is 0 Å². The lowest BCUT2D eigenvalue weighted by atomic mass is 9.94. The van der Waals surface area contributed by atoms with E-state index in [2.05, 4.69) is 5.32 Å². The maximum atomic E-state index is 13.9. The second-order valence-corrected chi connectivity index (χ2v) is 10.2. The number of benzene rings is 2. The minimum absolute atomic E-state index is 0.134. The normalized spacial score (nSPS) is 16.0. The number of hydrogen-bond donors (Lipinski definition) is 1. The number of amides is 2. The third-order valence-electron chi connectivity index (χ3n) is 6.66. The van der Waals surface area contributed by atoms with Crippen molar-refractivity contribution >= 4 is 28.8 Å². The third kappa shape index (κ3) is 5.35. The highest BCUT2D eigenvalue weighted by Crippen LogP contribution is 2.38. The number of ether oxygens (including phenoxy) is 2. The second kappa shape index (κ2) is 10.5. The van der Waals surface area contributed by atoms with Gasteiger partial charge in [-0.25, -0.2) is 0 Å². The maximum absolute atomic E-state index is 13.9. The summed E-state index contributed by atoms with van der Waals surface area (Å²) in [5, 5.41) is 5.22. The molecule has 0 unspecified atom stereocenters. The lowest BCUT2D eigenvalue weighted by Gasteiger charge is -2.33. The van der Waals surface area contributed by atoms with Crippen LogP contribution in [0.4, 0.5) is 5.69 Å². The van der Waals surface area contributed by atoms with E-state index in [0.717, 1.165) is 41.7 Å². The molecule has 7 heteroatoms. The number of anilines is 1. The summed E-state index contributed by atoms with van der Waals surface area (Å²) < 4.78 is 11.1. The zero-order chi connectivity index (χ0) is 24.2. The summed E-state index contributed by atoms with van der Waals surface area (Å²) in [7, 11) is 0. The van der Waals surface area contributed by atoms with E-state index in [0.29, 0.717) is 17.2 Å². The van der Waals surface area contributed by atoms with Gasteiger partial charge in [-0.15, -0.1) is 11.3 Å². The molecule has 1 N–H and O–H groups in total. The summed E-state index contributed by atoms with van der Waals surface area (Å²) in [6.07, 6.45) is 5.59. The first kappa shape index (κ1) is 23.4. The predicted octanol–water partition coefficient (Wildman–Crippen LogP) is 5.55. The van der Waals surface area contributed by atoms with Gasteiger partial charge in [0.05, 0.1) is 6.42 Å². The van der Waals surface area contributed by atoms with E-state index in [1.54, 1.807) is 17.0 Å². The molecule has 0 saturated heterocycles. The van der Waals surface area contributed by atoms with E-state index >= 15 is 0 Å². The molecule has 5 rings (SSSR count). The highest BCUT2D eigenvalue weighted by Gasteiger charge is 2.35. The fraction of sp³-hybridized carbons (Fsp3) is 0.357. The molecule has 1 saturated carbocycles. The Bertz CT molecular complexity index is 1170. The average Bonchev–Trinajstić information content (AvgIpc) is 3.55. The fourth-order valence-electron chi connectivity index (χ4n) is 4.81. The Hall–Kier alpha value is -3.32. The van der Waals surface area contributed by atoms with Gasteiger partial charge in [0.25, 0.3) is 0 Å². The van der Waals surface area contributed by atoms with Crippen LogP contribution >= 0.6 is 11.3 Å². The Kier molecular flexibility index (Phi) is 7.04. The van der Waals surface area contributed by atoms with Gasteiger partial charge in [-0.05, 0) is 48.9 Å². The largest absolute Gasteiger partial charge is 0.454 e. The number of nitrogens with one attached hydrogen (secondary N) is 1. The van der Waals surface area contributed by atoms with Crippen molar-refractivity contribution in [2.75, 3.05) is 11.7 Å². The van der Waals surface area contributed by atoms with Gasteiger partial charge in [0.1, 0.15) is 6.04 Å². The Balaban J connectivity index is 1.55. The number of aryl methyl sites for hydroxylation is 1. The Morgan fingerprint density at radius 2 is 1.80 bits per heavy atom. The van der Waals surface area contributed by atoms with Crippen LogP contribution in [0.2, 0.25) is 0 Å². The van der Waals surface area contributed by atoms with Crippen molar-refractivity contribution in [1.29, 1.82) is 0 Å². The molecular weight excluding hydrogens is 460 g/mol. The van der Waals surface area contributed by atoms with Gasteiger partial charge in [-0.1, -0.05) is 55.2 Å². The van der Waals surface area contributed by atoms with Gasteiger partial charge in [0.2, 0.25) is 18.6 Å². The molecule has 2 aliphatic rings. The molecule has 1 aromatic heterocycles. The van der Waals surface area contributed by atoms with Crippen LogP contribution in [0.25, 0.3) is 0 Å². The number of carbonyl (C=O) groups is 2. The Labute approximate surface area is 209 Å². The monoisotopic (exact) mass is 490 g/mol. The number of fused-ring (bicyclic) bond motifs is 1. The van der Waals surface area contributed by atoms with Gasteiger partial charge in [0, 0.05) is 22.7 Å². The standard InChI is InChI=1S/C28H30N2O4S/c1-19-9-11-20(12-10-19)27(28(32)29-21-6-3-2-4-7-21)30(26(31)17-23-8-5-15-35-23)22-13-14-24-25(16-22)34-18-33-24/h5,8-16,21,27H,2-4,6-7,17-18H2,1H3,(H,29,32)/t27-/m0/s1. The molecule has 1 fully saturated rings. The molecule has 0 spiro atoms. The first-order chi connectivity index (χ1) is 17.1. The van der Waals surface area contributed by atoms with Crippen molar-refractivity contribution in [3.8, 4) is 11.5 Å². The molecule has 6 nitrogen and oxygen atoms in total. The van der Waals surface area contributed by atoms with Crippen LogP contribution in [0, 0.1) is 6.92 Å². The van der Waals surface area contributed by atoms with Gasteiger partial charge < -0.3 is 14.8 Å². The summed E-state index contributed by atoms with van der Waals surface area (Å²) in [4.78, 5) is 30.3. The van der Waals surface area contributed by atoms with Crippen molar-refractivity contribution in [3.05, 3.63) is 76.0 Å². The SMILES string of the molecule is Cc1ccc([C@@H](C(=O)NC2CCCCC2)N(C(=O)Cc2cccs2)c2ccc3c(c2)OCO3)cc1. The first-order valence-corrected chi connectivity index (χ1v) is 13.1. The van der Waals surface area contributed by atoms with Gasteiger partial charge in [-0.3, -0.25) is 14.5 Å². The van der Waals surface area contributed by atoms with Crippen molar-refractivity contribution in [2.45, 2.75) is 57.5 Å². The smallest absolute Gasteiger partial charge is 0.248 e. The molecule has 0 bridgehead atoms. The summed E-state index contributed by atoms with van der Waals surface area (Å²) in [6, 6.07) is 16.5. The molecule has 1 aliphatic carbocycles. The number of nitrogens with zero attached hydrogens (tertiary/aromatic N) is 1. The van der Waals surface area contributed by atoms with Crippen LogP contribution in [-0.4, -0.2) is 24.6 Å². The molecule has 35 heavy (non-hydrogen) atoms. The molecule has 3 aromatic rings. The van der Waals surface area contributed by atoms with E-state index in [-0.39, 0.29) is 31.1 Å². The van der Waals surface area contributed by atoms with Crippen LogP contribution in [0.15, 0.2) is 60.0 Å². The number of thiophene rings is 1. The molecular formula is C28H30N2O4S. The zero-order valence-corrected chi connectivity index (χ0v) is 20.7. The van der Waals surface area contributed by atoms with E-state index in [1.165, 1.54) is 17.8 Å². The fourth-order valence-corrected chi connectivity index (χ4v) is 5.51. The lowest BCUT2D eigenvalue weighted by molar-refractivity contribution is -0.127. The average molecular weight is 491 g/mol. The summed E-state index contributed by atoms with van der Waals surface area (Å²) in [5.41, 5.74) is 2.49. The summed E-state index contributed by atoms with van der Waals surface area (Å²) in [6.45, 7) is 2.16. The van der Waals surface area contributed by atoms with E-state index < -0.39 is 6.04 Å². The van der Waals surface area contributed by atoms with Crippen LogP contribution in [0.3, 0.4) is 0 Å². The topological polar surface area (TPSA) is 67.9 Å². The van der Waals surface area contributed by atoms with E-state index in [9.17, 15) is 9.59 Å². The Morgan fingerprint density at radius 1 is 1.03 bits per heavy atom. The van der Waals surface area contributed by atoms with Crippen LogP contribution in [-0.2, 0) is 16.0 Å². The quantitative estimate of drug-likeness (QED) is 0.471. The highest BCUT2D eigenvalue weighted by molar-refractivity contribution is 7.10. The molecule has 2 amide bonds. The number of hydrogen-bond acceptors (Lipinski definition) is 5. The zero-order valence-electron chi connectivity index (χ0n) is 19.9. The first-order valence-electron chi connectivity index (χ1n) is 12.2. The van der Waals surface area contributed by atoms with Crippen molar-refractivity contribution in [2.24, 2.45) is 0 Å². The Morgan fingerprint density at radius 3 is 2.54 bits per heavy atom. The van der Waals surface area contributed by atoms with Gasteiger partial charge in [0.15, 0.2) is 11.5 Å². The molecule has 1 aliphatic heterocycles. The summed E-state index contributed by atoms with van der Waals surface area (Å²) in [5.74, 6) is 0.915. The van der Waals surface area contributed by atoms with Gasteiger partial charge >= 0.3 is 0 Å². The number of carbonyl (C=O) groups excluding carboxylic acids is 2. The molecule has 1 atom stereocenters. The van der Waals surface area contributed by atoms with Crippen LogP contribution < -0.4 is 19.7 Å². The predicted molar refractivity (Wildman–Crippen MR) is 137 cm³/mol. The van der Waals surface area contributed by atoms with Crippen LogP contribution in [0.1, 0.15) is 54.1 Å². The van der Waals surface area contributed by atoms with Crippen molar-refractivity contribution in [1.82, 2.24) is 5.32 Å². The molecule has 2 heterocycles. The minimum Gasteiger partial charge on any atom is -0.454 e. The van der Waals surface area contributed by atoms with Crippen molar-refractivity contribution in [3.63, 3.8) is 0 Å².